The van der Waals surface area contributed by atoms with E-state index in [-0.39, 0.29) is 23.8 Å². The molecule has 0 bridgehead atoms. The van der Waals surface area contributed by atoms with Crippen LogP contribution < -0.4 is 5.32 Å². The van der Waals surface area contributed by atoms with Crippen molar-refractivity contribution in [3.05, 3.63) is 23.7 Å². The summed E-state index contributed by atoms with van der Waals surface area (Å²) in [5.74, 6) is -0.258. The van der Waals surface area contributed by atoms with Crippen LogP contribution in [0.5, 0.6) is 0 Å². The van der Waals surface area contributed by atoms with Crippen molar-refractivity contribution in [3.63, 3.8) is 0 Å². The second kappa shape index (κ2) is 6.11. The number of carbonyl (C=O) groups is 2. The van der Waals surface area contributed by atoms with Gasteiger partial charge in [-0.15, -0.1) is 0 Å². The molecule has 2 N–H and O–H groups in total. The lowest BCUT2D eigenvalue weighted by Crippen LogP contribution is -2.38. The van der Waals surface area contributed by atoms with Crippen molar-refractivity contribution >= 4 is 11.9 Å². The first-order chi connectivity index (χ1) is 9.49. The molecule has 0 radical (unpaired) electrons. The first kappa shape index (κ1) is 14.6. The van der Waals surface area contributed by atoms with Gasteiger partial charge in [-0.05, 0) is 31.7 Å². The first-order valence-electron chi connectivity index (χ1n) is 7.10. The fraction of sp³-hybridized carbons (Fsp3) is 0.600. The Hall–Kier alpha value is -1.78. The van der Waals surface area contributed by atoms with Gasteiger partial charge in [0, 0.05) is 12.0 Å². The summed E-state index contributed by atoms with van der Waals surface area (Å²) in [5.41, 5.74) is 0.584. The Labute approximate surface area is 118 Å². The first-order valence-corrected chi connectivity index (χ1v) is 7.10. The standard InChI is InChI=1S/C15H21NO4/c1-9(2)13-12(7-8-20-13)14(17)16-11-5-3-10(4-6-11)15(18)19/h7-11H,3-6H2,1-2H3,(H,16,17)(H,18,19). The number of aliphatic carboxylic acids is 1. The van der Waals surface area contributed by atoms with E-state index in [4.69, 9.17) is 9.52 Å². The van der Waals surface area contributed by atoms with Gasteiger partial charge in [0.05, 0.1) is 17.7 Å². The summed E-state index contributed by atoms with van der Waals surface area (Å²) in [7, 11) is 0. The van der Waals surface area contributed by atoms with Gasteiger partial charge in [-0.2, -0.15) is 0 Å². The largest absolute Gasteiger partial charge is 0.481 e. The molecule has 1 aromatic heterocycles. The lowest BCUT2D eigenvalue weighted by atomic mass is 9.86. The summed E-state index contributed by atoms with van der Waals surface area (Å²) >= 11 is 0. The topological polar surface area (TPSA) is 79.5 Å². The van der Waals surface area contributed by atoms with Crippen LogP contribution in [-0.4, -0.2) is 23.0 Å². The summed E-state index contributed by atoms with van der Waals surface area (Å²) in [6.45, 7) is 3.96. The van der Waals surface area contributed by atoms with Gasteiger partial charge >= 0.3 is 5.97 Å². The number of furan rings is 1. The molecule has 0 aromatic carbocycles. The lowest BCUT2D eigenvalue weighted by Gasteiger charge is -2.26. The number of amides is 1. The molecule has 1 aliphatic carbocycles. The molecule has 20 heavy (non-hydrogen) atoms. The number of hydrogen-bond acceptors (Lipinski definition) is 3. The normalized spacial score (nSPS) is 22.8. The molecular formula is C15H21NO4. The highest BCUT2D eigenvalue weighted by Gasteiger charge is 2.27. The molecule has 0 atom stereocenters. The Bertz CT molecular complexity index is 484. The van der Waals surface area contributed by atoms with E-state index in [0.29, 0.717) is 24.2 Å². The maximum Gasteiger partial charge on any atom is 0.306 e. The molecular weight excluding hydrogens is 258 g/mol. The van der Waals surface area contributed by atoms with E-state index in [1.807, 2.05) is 13.8 Å². The van der Waals surface area contributed by atoms with Crippen LogP contribution in [0.3, 0.4) is 0 Å². The maximum atomic E-state index is 12.2. The third kappa shape index (κ3) is 3.21. The van der Waals surface area contributed by atoms with Crippen LogP contribution in [0.2, 0.25) is 0 Å². The zero-order valence-electron chi connectivity index (χ0n) is 11.9. The number of rotatable bonds is 4. The molecule has 1 aromatic rings. The van der Waals surface area contributed by atoms with Crippen molar-refractivity contribution in [2.75, 3.05) is 0 Å². The van der Waals surface area contributed by atoms with Crippen LogP contribution in [0.1, 0.15) is 61.6 Å². The molecule has 5 heteroatoms. The number of nitrogens with one attached hydrogen (secondary N) is 1. The van der Waals surface area contributed by atoms with Crippen molar-refractivity contribution in [1.29, 1.82) is 0 Å². The molecule has 0 spiro atoms. The van der Waals surface area contributed by atoms with Crippen molar-refractivity contribution < 1.29 is 19.1 Å². The third-order valence-electron chi connectivity index (χ3n) is 3.88. The van der Waals surface area contributed by atoms with Gasteiger partial charge in [-0.3, -0.25) is 9.59 Å². The van der Waals surface area contributed by atoms with E-state index in [2.05, 4.69) is 5.32 Å². The van der Waals surface area contributed by atoms with Crippen LogP contribution in [0.4, 0.5) is 0 Å². The van der Waals surface area contributed by atoms with Crippen molar-refractivity contribution in [2.45, 2.75) is 51.5 Å². The summed E-state index contributed by atoms with van der Waals surface area (Å²) in [4.78, 5) is 23.1. The number of hydrogen-bond donors (Lipinski definition) is 2. The van der Waals surface area contributed by atoms with Gasteiger partial charge in [0.2, 0.25) is 0 Å². The fourth-order valence-electron chi connectivity index (χ4n) is 2.70. The molecule has 0 saturated heterocycles. The van der Waals surface area contributed by atoms with Gasteiger partial charge in [0.15, 0.2) is 0 Å². The van der Waals surface area contributed by atoms with Crippen LogP contribution in [-0.2, 0) is 4.79 Å². The zero-order chi connectivity index (χ0) is 14.7. The number of carbonyl (C=O) groups excluding carboxylic acids is 1. The second-order valence-corrected chi connectivity index (χ2v) is 5.71. The predicted octanol–water partition coefficient (Wildman–Crippen LogP) is 2.78. The highest BCUT2D eigenvalue weighted by Crippen LogP contribution is 2.25. The molecule has 2 rings (SSSR count). The average molecular weight is 279 g/mol. The minimum Gasteiger partial charge on any atom is -0.481 e. The van der Waals surface area contributed by atoms with E-state index in [1.54, 1.807) is 6.07 Å². The Morgan fingerprint density at radius 3 is 2.50 bits per heavy atom. The van der Waals surface area contributed by atoms with Crippen molar-refractivity contribution in [1.82, 2.24) is 5.32 Å². The summed E-state index contributed by atoms with van der Waals surface area (Å²) in [5, 5.41) is 11.9. The van der Waals surface area contributed by atoms with E-state index in [1.165, 1.54) is 6.26 Å². The van der Waals surface area contributed by atoms with Crippen LogP contribution in [0.25, 0.3) is 0 Å². The van der Waals surface area contributed by atoms with Gasteiger partial charge < -0.3 is 14.8 Å². The third-order valence-corrected chi connectivity index (χ3v) is 3.88. The average Bonchev–Trinajstić information content (AvgIpc) is 2.88. The van der Waals surface area contributed by atoms with Crippen LogP contribution in [0, 0.1) is 5.92 Å². The summed E-state index contributed by atoms with van der Waals surface area (Å²) in [6.07, 6.45) is 4.23. The molecule has 1 heterocycles. The minimum absolute atomic E-state index is 0.0630. The number of carboxylic acid groups (broad SMARTS) is 1. The Morgan fingerprint density at radius 2 is 1.95 bits per heavy atom. The molecule has 110 valence electrons. The summed E-state index contributed by atoms with van der Waals surface area (Å²) < 4.78 is 5.35. The van der Waals surface area contributed by atoms with Crippen LogP contribution in [0.15, 0.2) is 16.7 Å². The molecule has 1 saturated carbocycles. The maximum absolute atomic E-state index is 12.2. The van der Waals surface area contributed by atoms with E-state index >= 15 is 0 Å². The molecule has 0 unspecified atom stereocenters. The molecule has 1 fully saturated rings. The SMILES string of the molecule is CC(C)c1occc1C(=O)NC1CCC(C(=O)O)CC1. The quantitative estimate of drug-likeness (QED) is 0.888. The monoisotopic (exact) mass is 279 g/mol. The smallest absolute Gasteiger partial charge is 0.306 e. The van der Waals surface area contributed by atoms with E-state index in [9.17, 15) is 9.59 Å². The number of carboxylic acids is 1. The fourth-order valence-corrected chi connectivity index (χ4v) is 2.70. The zero-order valence-corrected chi connectivity index (χ0v) is 11.9. The Balaban J connectivity index is 1.93. The summed E-state index contributed by atoms with van der Waals surface area (Å²) in [6, 6.07) is 1.75. The highest BCUT2D eigenvalue weighted by molar-refractivity contribution is 5.95. The molecule has 0 aliphatic heterocycles. The Kier molecular flexibility index (Phi) is 4.47. The molecule has 1 aliphatic rings. The van der Waals surface area contributed by atoms with E-state index < -0.39 is 5.97 Å². The lowest BCUT2D eigenvalue weighted by molar-refractivity contribution is -0.142. The highest BCUT2D eigenvalue weighted by atomic mass is 16.4. The minimum atomic E-state index is -0.730. The van der Waals surface area contributed by atoms with Gasteiger partial charge in [-0.25, -0.2) is 0 Å². The second-order valence-electron chi connectivity index (χ2n) is 5.71. The van der Waals surface area contributed by atoms with Crippen LogP contribution >= 0.6 is 0 Å². The van der Waals surface area contributed by atoms with Crippen molar-refractivity contribution in [2.24, 2.45) is 5.92 Å². The van der Waals surface area contributed by atoms with E-state index in [0.717, 1.165) is 12.8 Å². The van der Waals surface area contributed by atoms with Gasteiger partial charge in [0.25, 0.3) is 5.91 Å². The molecule has 5 nitrogen and oxygen atoms in total. The predicted molar refractivity (Wildman–Crippen MR) is 73.6 cm³/mol. The van der Waals surface area contributed by atoms with Crippen molar-refractivity contribution in [3.8, 4) is 0 Å². The van der Waals surface area contributed by atoms with Gasteiger partial charge in [-0.1, -0.05) is 13.8 Å². The molecule has 1 amide bonds. The van der Waals surface area contributed by atoms with Gasteiger partial charge in [0.1, 0.15) is 5.76 Å². The Morgan fingerprint density at radius 1 is 1.30 bits per heavy atom.